The smallest absolute Gasteiger partial charge is 0.406 e. The molecule has 3 rings (SSSR count). The number of anilines is 4. The molecular formula is C16H11F3N6O3. The van der Waals surface area contributed by atoms with E-state index in [0.717, 1.165) is 18.5 Å². The maximum atomic E-state index is 12.2. The highest BCUT2D eigenvalue weighted by molar-refractivity contribution is 5.76. The molecule has 0 spiro atoms. The largest absolute Gasteiger partial charge is 0.573 e. The van der Waals surface area contributed by atoms with Crippen molar-refractivity contribution >= 4 is 28.8 Å². The molecule has 0 amide bonds. The summed E-state index contributed by atoms with van der Waals surface area (Å²) in [6, 6.07) is 9.62. The van der Waals surface area contributed by atoms with E-state index in [2.05, 4.69) is 30.3 Å². The van der Waals surface area contributed by atoms with Crippen LogP contribution in [0.2, 0.25) is 0 Å². The third-order valence-electron chi connectivity index (χ3n) is 3.27. The Morgan fingerprint density at radius 1 is 0.964 bits per heavy atom. The van der Waals surface area contributed by atoms with Gasteiger partial charge in [0.1, 0.15) is 17.9 Å². The zero-order chi connectivity index (χ0) is 20.1. The highest BCUT2D eigenvalue weighted by Gasteiger charge is 2.31. The van der Waals surface area contributed by atoms with Gasteiger partial charge in [-0.25, -0.2) is 15.0 Å². The van der Waals surface area contributed by atoms with Crippen molar-refractivity contribution in [2.45, 2.75) is 6.36 Å². The van der Waals surface area contributed by atoms with Gasteiger partial charge in [0.2, 0.25) is 11.6 Å². The van der Waals surface area contributed by atoms with E-state index in [-0.39, 0.29) is 17.3 Å². The third-order valence-corrected chi connectivity index (χ3v) is 3.27. The number of hydrogen-bond acceptors (Lipinski definition) is 8. The van der Waals surface area contributed by atoms with Crippen LogP contribution in [0.15, 0.2) is 55.0 Å². The van der Waals surface area contributed by atoms with Crippen LogP contribution >= 0.6 is 0 Å². The van der Waals surface area contributed by atoms with Gasteiger partial charge in [-0.05, 0) is 36.4 Å². The molecule has 0 aliphatic carbocycles. The van der Waals surface area contributed by atoms with Crippen molar-refractivity contribution in [1.82, 2.24) is 15.0 Å². The molecule has 0 bridgehead atoms. The van der Waals surface area contributed by atoms with Crippen LogP contribution in [-0.2, 0) is 0 Å². The number of ether oxygens (including phenoxy) is 1. The lowest BCUT2D eigenvalue weighted by Gasteiger charge is -2.11. The van der Waals surface area contributed by atoms with E-state index in [0.29, 0.717) is 5.82 Å². The molecule has 0 unspecified atom stereocenters. The first kappa shape index (κ1) is 18.8. The lowest BCUT2D eigenvalue weighted by molar-refractivity contribution is -0.383. The summed E-state index contributed by atoms with van der Waals surface area (Å²) in [5.41, 5.74) is -0.191. The number of aromatic nitrogens is 3. The Kier molecular flexibility index (Phi) is 5.20. The Morgan fingerprint density at radius 2 is 1.64 bits per heavy atom. The lowest BCUT2D eigenvalue weighted by atomic mass is 10.3. The SMILES string of the molecule is O=[N+]([O-])c1c(Nc2ccc(OC(F)(F)F)cc2)ncnc1Nc1ccccn1. The molecule has 0 atom stereocenters. The van der Waals surface area contributed by atoms with Crippen LogP contribution in [0, 0.1) is 10.1 Å². The van der Waals surface area contributed by atoms with Gasteiger partial charge >= 0.3 is 12.0 Å². The molecular weight excluding hydrogens is 381 g/mol. The van der Waals surface area contributed by atoms with Crippen molar-refractivity contribution < 1.29 is 22.8 Å². The molecule has 3 aromatic rings. The second-order valence-corrected chi connectivity index (χ2v) is 5.21. The van der Waals surface area contributed by atoms with Crippen molar-refractivity contribution in [1.29, 1.82) is 0 Å². The van der Waals surface area contributed by atoms with Gasteiger partial charge in [0.25, 0.3) is 0 Å². The van der Waals surface area contributed by atoms with Crippen molar-refractivity contribution in [2.24, 2.45) is 0 Å². The number of rotatable bonds is 6. The Hall–Kier alpha value is -3.96. The highest BCUT2D eigenvalue weighted by atomic mass is 19.4. The van der Waals surface area contributed by atoms with Crippen LogP contribution in [0.25, 0.3) is 0 Å². The van der Waals surface area contributed by atoms with Crippen LogP contribution in [0.4, 0.5) is 42.0 Å². The normalized spacial score (nSPS) is 11.0. The highest BCUT2D eigenvalue weighted by Crippen LogP contribution is 2.33. The summed E-state index contributed by atoms with van der Waals surface area (Å²) in [6.07, 6.45) is -2.22. The predicted octanol–water partition coefficient (Wildman–Crippen LogP) is 4.17. The van der Waals surface area contributed by atoms with Crippen LogP contribution in [0.3, 0.4) is 0 Å². The van der Waals surface area contributed by atoms with Gasteiger partial charge in [-0.2, -0.15) is 0 Å². The van der Waals surface area contributed by atoms with Crippen LogP contribution in [0.1, 0.15) is 0 Å². The molecule has 2 N–H and O–H groups in total. The van der Waals surface area contributed by atoms with E-state index < -0.39 is 22.7 Å². The number of nitro groups is 1. The summed E-state index contributed by atoms with van der Waals surface area (Å²) < 4.78 is 40.4. The summed E-state index contributed by atoms with van der Waals surface area (Å²) in [4.78, 5) is 22.5. The minimum absolute atomic E-state index is 0.0989. The first-order valence-corrected chi connectivity index (χ1v) is 7.62. The molecule has 0 radical (unpaired) electrons. The van der Waals surface area contributed by atoms with Gasteiger partial charge in [0, 0.05) is 11.9 Å². The first-order valence-electron chi connectivity index (χ1n) is 7.62. The average molecular weight is 392 g/mol. The van der Waals surface area contributed by atoms with Gasteiger partial charge in [0.05, 0.1) is 4.92 Å². The molecule has 12 heteroatoms. The van der Waals surface area contributed by atoms with E-state index >= 15 is 0 Å². The molecule has 1 aromatic carbocycles. The molecule has 2 heterocycles. The molecule has 0 fully saturated rings. The Bertz CT molecular complexity index is 968. The zero-order valence-corrected chi connectivity index (χ0v) is 13.8. The van der Waals surface area contributed by atoms with Crippen LogP contribution in [0.5, 0.6) is 5.75 Å². The summed E-state index contributed by atoms with van der Waals surface area (Å²) in [5, 5.41) is 16.9. The Morgan fingerprint density at radius 3 is 2.21 bits per heavy atom. The number of pyridine rings is 1. The van der Waals surface area contributed by atoms with Gasteiger partial charge in [-0.1, -0.05) is 6.07 Å². The minimum atomic E-state index is -4.81. The predicted molar refractivity (Wildman–Crippen MR) is 92.6 cm³/mol. The van der Waals surface area contributed by atoms with Crippen LogP contribution in [-0.4, -0.2) is 26.2 Å². The van der Waals surface area contributed by atoms with Gasteiger partial charge in [-0.3, -0.25) is 10.1 Å². The van der Waals surface area contributed by atoms with E-state index in [4.69, 9.17) is 0 Å². The number of nitrogens with one attached hydrogen (secondary N) is 2. The Balaban J connectivity index is 1.85. The number of alkyl halides is 3. The monoisotopic (exact) mass is 392 g/mol. The molecule has 0 aliphatic heterocycles. The average Bonchev–Trinajstić information content (AvgIpc) is 2.63. The molecule has 9 nitrogen and oxygen atoms in total. The number of halogens is 3. The van der Waals surface area contributed by atoms with Gasteiger partial charge in [-0.15, -0.1) is 13.2 Å². The molecule has 28 heavy (non-hydrogen) atoms. The lowest BCUT2D eigenvalue weighted by Crippen LogP contribution is -2.17. The number of hydrogen-bond donors (Lipinski definition) is 2. The molecule has 2 aromatic heterocycles. The van der Waals surface area contributed by atoms with Crippen LogP contribution < -0.4 is 15.4 Å². The standard InChI is InChI=1S/C16H11F3N6O3/c17-16(18,19)28-11-6-4-10(5-7-11)23-14-13(25(26)27)15(22-9-21-14)24-12-3-1-2-8-20-12/h1-9H,(H2,20,21,22,23,24). The fraction of sp³-hybridized carbons (Fsp3) is 0.0625. The first-order chi connectivity index (χ1) is 13.3. The Labute approximate surface area is 155 Å². The molecule has 0 aliphatic rings. The van der Waals surface area contributed by atoms with E-state index in [1.165, 1.54) is 18.3 Å². The third kappa shape index (κ3) is 4.81. The molecule has 144 valence electrons. The zero-order valence-electron chi connectivity index (χ0n) is 13.8. The van der Waals surface area contributed by atoms with Crippen molar-refractivity contribution in [2.75, 3.05) is 10.6 Å². The maximum Gasteiger partial charge on any atom is 0.573 e. The molecule has 0 saturated carbocycles. The minimum Gasteiger partial charge on any atom is -0.406 e. The summed E-state index contributed by atoms with van der Waals surface area (Å²) >= 11 is 0. The summed E-state index contributed by atoms with van der Waals surface area (Å²) in [6.45, 7) is 0. The second kappa shape index (κ2) is 7.73. The van der Waals surface area contributed by atoms with Crippen molar-refractivity contribution in [3.63, 3.8) is 0 Å². The van der Waals surface area contributed by atoms with Gasteiger partial charge < -0.3 is 15.4 Å². The van der Waals surface area contributed by atoms with Crippen molar-refractivity contribution in [3.8, 4) is 5.75 Å². The quantitative estimate of drug-likeness (QED) is 0.475. The number of nitrogens with zero attached hydrogens (tertiary/aromatic N) is 4. The van der Waals surface area contributed by atoms with Crippen molar-refractivity contribution in [3.05, 3.63) is 65.1 Å². The second-order valence-electron chi connectivity index (χ2n) is 5.21. The fourth-order valence-electron chi connectivity index (χ4n) is 2.17. The topological polar surface area (TPSA) is 115 Å². The maximum absolute atomic E-state index is 12.2. The van der Waals surface area contributed by atoms with E-state index in [1.54, 1.807) is 18.2 Å². The summed E-state index contributed by atoms with van der Waals surface area (Å²) in [5.74, 6) is -0.335. The van der Waals surface area contributed by atoms with E-state index in [9.17, 15) is 23.3 Å². The fourth-order valence-corrected chi connectivity index (χ4v) is 2.17. The summed E-state index contributed by atoms with van der Waals surface area (Å²) in [7, 11) is 0. The number of benzene rings is 1. The molecule has 0 saturated heterocycles. The van der Waals surface area contributed by atoms with E-state index in [1.807, 2.05) is 0 Å². The van der Waals surface area contributed by atoms with Gasteiger partial charge in [0.15, 0.2) is 0 Å².